The van der Waals surface area contributed by atoms with Crippen molar-refractivity contribution in [1.82, 2.24) is 4.90 Å². The zero-order valence-corrected chi connectivity index (χ0v) is 15.2. The summed E-state index contributed by atoms with van der Waals surface area (Å²) in [5.41, 5.74) is 0. The van der Waals surface area contributed by atoms with Gasteiger partial charge in [0.25, 0.3) is 0 Å². The number of benzene rings is 1. The van der Waals surface area contributed by atoms with Crippen molar-refractivity contribution in [2.45, 2.75) is 24.4 Å². The number of carbonyl (C=O) groups is 1. The number of carbonyl (C=O) groups excluding carboxylic acids is 1. The average molecular weight is 375 g/mol. The molecule has 25 heavy (non-hydrogen) atoms. The van der Waals surface area contributed by atoms with E-state index in [0.717, 1.165) is 10.6 Å². The summed E-state index contributed by atoms with van der Waals surface area (Å²) in [6.45, 7) is 0.996. The summed E-state index contributed by atoms with van der Waals surface area (Å²) in [5.74, 6) is 1.09. The van der Waals surface area contributed by atoms with E-state index in [2.05, 4.69) is 0 Å². The zero-order valence-electron chi connectivity index (χ0n) is 13.6. The minimum atomic E-state index is -0.244. The van der Waals surface area contributed by atoms with Gasteiger partial charge in [-0.1, -0.05) is 18.2 Å². The van der Waals surface area contributed by atoms with Crippen LogP contribution in [0.25, 0.3) is 0 Å². The second kappa shape index (κ2) is 8.87. The number of hydrogen-bond donors (Lipinski definition) is 0. The molecule has 0 bridgehead atoms. The zero-order chi connectivity index (χ0) is 17.5. The number of hydrogen-bond acceptors (Lipinski definition) is 4. The van der Waals surface area contributed by atoms with Gasteiger partial charge in [0.2, 0.25) is 5.91 Å². The molecule has 2 aromatic heterocycles. The van der Waals surface area contributed by atoms with Crippen LogP contribution in [0.15, 0.2) is 69.5 Å². The summed E-state index contributed by atoms with van der Waals surface area (Å²) in [7, 11) is 0. The van der Waals surface area contributed by atoms with Gasteiger partial charge in [-0.2, -0.15) is 0 Å². The number of halogens is 1. The highest BCUT2D eigenvalue weighted by Gasteiger charge is 2.16. The Balaban J connectivity index is 1.59. The van der Waals surface area contributed by atoms with Crippen LogP contribution in [0.2, 0.25) is 0 Å². The molecule has 0 saturated heterocycles. The van der Waals surface area contributed by atoms with Gasteiger partial charge in [0.05, 0.1) is 19.4 Å². The van der Waals surface area contributed by atoms with Crippen LogP contribution in [0.1, 0.15) is 17.1 Å². The predicted molar refractivity (Wildman–Crippen MR) is 99.0 cm³/mol. The number of rotatable bonds is 8. The number of furan rings is 1. The number of thiophene rings is 1. The molecular formula is C19H18FNO2S2. The van der Waals surface area contributed by atoms with Crippen LogP contribution < -0.4 is 0 Å². The third kappa shape index (κ3) is 5.21. The van der Waals surface area contributed by atoms with Crippen molar-refractivity contribution in [1.29, 1.82) is 0 Å². The van der Waals surface area contributed by atoms with E-state index in [4.69, 9.17) is 4.42 Å². The molecule has 2 heterocycles. The van der Waals surface area contributed by atoms with Gasteiger partial charge in [-0.25, -0.2) is 4.39 Å². The lowest BCUT2D eigenvalue weighted by molar-refractivity contribution is -0.132. The van der Waals surface area contributed by atoms with Crippen molar-refractivity contribution in [2.24, 2.45) is 0 Å². The smallest absolute Gasteiger partial charge is 0.224 e. The van der Waals surface area contributed by atoms with E-state index in [1.807, 2.05) is 29.6 Å². The third-order valence-corrected chi connectivity index (χ3v) is 5.53. The maximum absolute atomic E-state index is 13.6. The molecule has 0 radical (unpaired) electrons. The summed E-state index contributed by atoms with van der Waals surface area (Å²) in [4.78, 5) is 16.1. The highest BCUT2D eigenvalue weighted by atomic mass is 32.2. The SMILES string of the molecule is O=C(CCSc1ccccc1F)N(Cc1ccco1)Cc1cccs1. The van der Waals surface area contributed by atoms with E-state index in [1.165, 1.54) is 17.8 Å². The molecule has 3 nitrogen and oxygen atoms in total. The van der Waals surface area contributed by atoms with Crippen molar-refractivity contribution in [3.8, 4) is 0 Å². The molecule has 1 amide bonds. The molecule has 3 aromatic rings. The predicted octanol–water partition coefficient (Wildman–Crippen LogP) is 5.19. The van der Waals surface area contributed by atoms with Crippen LogP contribution in [0.3, 0.4) is 0 Å². The Hall–Kier alpha value is -2.05. The molecule has 0 aliphatic rings. The van der Waals surface area contributed by atoms with Gasteiger partial charge in [-0.05, 0) is 35.7 Å². The molecule has 0 saturated carbocycles. The molecule has 0 fully saturated rings. The Bertz CT molecular complexity index is 751. The van der Waals surface area contributed by atoms with Crippen molar-refractivity contribution in [3.63, 3.8) is 0 Å². The van der Waals surface area contributed by atoms with Crippen LogP contribution in [0.5, 0.6) is 0 Å². The summed E-state index contributed by atoms with van der Waals surface area (Å²) in [6, 6.07) is 14.3. The molecule has 3 rings (SSSR count). The van der Waals surface area contributed by atoms with Crippen molar-refractivity contribution in [2.75, 3.05) is 5.75 Å². The summed E-state index contributed by atoms with van der Waals surface area (Å²) < 4.78 is 19.0. The minimum Gasteiger partial charge on any atom is -0.467 e. The second-order valence-electron chi connectivity index (χ2n) is 5.44. The van der Waals surface area contributed by atoms with Gasteiger partial charge in [0.15, 0.2) is 0 Å². The van der Waals surface area contributed by atoms with Gasteiger partial charge in [-0.15, -0.1) is 23.1 Å². The second-order valence-corrected chi connectivity index (χ2v) is 7.61. The number of amides is 1. The summed E-state index contributed by atoms with van der Waals surface area (Å²) in [5, 5.41) is 2.00. The van der Waals surface area contributed by atoms with E-state index in [0.29, 0.717) is 30.2 Å². The number of nitrogens with zero attached hydrogens (tertiary/aromatic N) is 1. The van der Waals surface area contributed by atoms with Gasteiger partial charge < -0.3 is 9.32 Å². The average Bonchev–Trinajstić information content (AvgIpc) is 3.30. The van der Waals surface area contributed by atoms with Gasteiger partial charge in [0.1, 0.15) is 11.6 Å². The summed E-state index contributed by atoms with van der Waals surface area (Å²) in [6.07, 6.45) is 1.96. The van der Waals surface area contributed by atoms with Crippen LogP contribution in [0.4, 0.5) is 4.39 Å². The van der Waals surface area contributed by atoms with Crippen molar-refractivity contribution in [3.05, 3.63) is 76.6 Å². The molecule has 0 N–H and O–H groups in total. The van der Waals surface area contributed by atoms with Gasteiger partial charge >= 0.3 is 0 Å². The van der Waals surface area contributed by atoms with Crippen LogP contribution >= 0.6 is 23.1 Å². The van der Waals surface area contributed by atoms with Crippen LogP contribution in [0, 0.1) is 5.82 Å². The Labute approximate surface area is 154 Å². The topological polar surface area (TPSA) is 33.5 Å². The van der Waals surface area contributed by atoms with Crippen molar-refractivity contribution < 1.29 is 13.6 Å². The highest BCUT2D eigenvalue weighted by molar-refractivity contribution is 7.99. The molecule has 6 heteroatoms. The molecule has 0 spiro atoms. The van der Waals surface area contributed by atoms with Crippen LogP contribution in [-0.2, 0) is 17.9 Å². The largest absolute Gasteiger partial charge is 0.467 e. The minimum absolute atomic E-state index is 0.0358. The summed E-state index contributed by atoms with van der Waals surface area (Å²) >= 11 is 2.99. The molecule has 1 aromatic carbocycles. The lowest BCUT2D eigenvalue weighted by Crippen LogP contribution is -2.29. The van der Waals surface area contributed by atoms with E-state index >= 15 is 0 Å². The number of thioether (sulfide) groups is 1. The first-order chi connectivity index (χ1) is 12.2. The molecule has 0 aliphatic heterocycles. The van der Waals surface area contributed by atoms with Gasteiger partial charge in [-0.3, -0.25) is 4.79 Å². The third-order valence-electron chi connectivity index (χ3n) is 3.62. The normalized spacial score (nSPS) is 10.8. The monoisotopic (exact) mass is 375 g/mol. The Morgan fingerprint density at radius 3 is 2.72 bits per heavy atom. The van der Waals surface area contributed by atoms with Crippen LogP contribution in [-0.4, -0.2) is 16.6 Å². The Kier molecular flexibility index (Phi) is 6.30. The van der Waals surface area contributed by atoms with E-state index in [9.17, 15) is 9.18 Å². The fourth-order valence-electron chi connectivity index (χ4n) is 2.38. The van der Waals surface area contributed by atoms with Gasteiger partial charge in [0, 0.05) is 21.9 Å². The molecule has 0 unspecified atom stereocenters. The molecular weight excluding hydrogens is 357 g/mol. The first-order valence-electron chi connectivity index (χ1n) is 7.92. The highest BCUT2D eigenvalue weighted by Crippen LogP contribution is 2.23. The lowest BCUT2D eigenvalue weighted by atomic mass is 10.3. The maximum Gasteiger partial charge on any atom is 0.224 e. The van der Waals surface area contributed by atoms with E-state index in [1.54, 1.807) is 40.7 Å². The quantitative estimate of drug-likeness (QED) is 0.508. The van der Waals surface area contributed by atoms with E-state index < -0.39 is 0 Å². The fourth-order valence-corrected chi connectivity index (χ4v) is 3.98. The first-order valence-corrected chi connectivity index (χ1v) is 9.79. The Morgan fingerprint density at radius 1 is 1.12 bits per heavy atom. The molecule has 0 atom stereocenters. The first kappa shape index (κ1) is 17.8. The molecule has 0 aliphatic carbocycles. The standard InChI is InChI=1S/C19H18FNO2S2/c20-17-7-1-2-8-18(17)25-12-9-19(22)21(13-15-5-3-10-23-15)14-16-6-4-11-24-16/h1-8,10-11H,9,12-14H2. The lowest BCUT2D eigenvalue weighted by Gasteiger charge is -2.21. The fraction of sp³-hybridized carbons (Fsp3) is 0.211. The Morgan fingerprint density at radius 2 is 2.00 bits per heavy atom. The van der Waals surface area contributed by atoms with E-state index in [-0.39, 0.29) is 11.7 Å². The molecule has 130 valence electrons. The van der Waals surface area contributed by atoms with Crippen molar-refractivity contribution >= 4 is 29.0 Å². The maximum atomic E-state index is 13.6.